The summed E-state index contributed by atoms with van der Waals surface area (Å²) < 4.78 is 5.14. The smallest absolute Gasteiger partial charge is 0.312 e. The van der Waals surface area contributed by atoms with Gasteiger partial charge in [0.15, 0.2) is 11.7 Å². The van der Waals surface area contributed by atoms with Gasteiger partial charge in [-0.3, -0.25) is 29.4 Å². The number of hydrogen-bond donors (Lipinski definition) is 0. The molecule has 2 amide bonds. The first-order valence-electron chi connectivity index (χ1n) is 10.6. The molecule has 0 atom stereocenters. The molecule has 33 heavy (non-hydrogen) atoms. The second-order valence-corrected chi connectivity index (χ2v) is 8.59. The summed E-state index contributed by atoms with van der Waals surface area (Å²) in [5.41, 5.74) is 1.41. The summed E-state index contributed by atoms with van der Waals surface area (Å²) >= 11 is 1.31. The predicted molar refractivity (Wildman–Crippen MR) is 120 cm³/mol. The molecule has 1 aromatic carbocycles. The summed E-state index contributed by atoms with van der Waals surface area (Å²) in [6, 6.07) is 6.31. The van der Waals surface area contributed by atoms with Gasteiger partial charge in [0.25, 0.3) is 11.6 Å². The van der Waals surface area contributed by atoms with Gasteiger partial charge in [-0.25, -0.2) is 4.98 Å². The van der Waals surface area contributed by atoms with Crippen LogP contribution in [0.15, 0.2) is 29.6 Å². The minimum Gasteiger partial charge on any atom is -0.455 e. The van der Waals surface area contributed by atoms with Crippen LogP contribution in [0.25, 0.3) is 0 Å². The zero-order valence-corrected chi connectivity index (χ0v) is 18.7. The van der Waals surface area contributed by atoms with E-state index in [1.54, 1.807) is 27.3 Å². The third-order valence-electron chi connectivity index (χ3n) is 5.58. The minimum atomic E-state index is -0.544. The molecule has 2 fully saturated rings. The number of ether oxygens (including phenoxy) is 1. The van der Waals surface area contributed by atoms with Crippen molar-refractivity contribution in [3.8, 4) is 0 Å². The lowest BCUT2D eigenvalue weighted by molar-refractivity contribution is -0.384. The van der Waals surface area contributed by atoms with E-state index < -0.39 is 10.9 Å². The first-order valence-corrected chi connectivity index (χ1v) is 11.5. The number of rotatable bonds is 7. The first-order chi connectivity index (χ1) is 15.9. The maximum atomic E-state index is 12.4. The number of hydrogen-bond acceptors (Lipinski definition) is 9. The summed E-state index contributed by atoms with van der Waals surface area (Å²) in [4.78, 5) is 56.4. The standard InChI is InChI=1S/C21H23N5O6S/c27-18-2-1-7-25(18)21-22-15(14-33-21)12-20(29)32-13-19(28)24-10-8-23(9-11-24)16-3-5-17(6-4-16)26(30)31/h3-6,14H,1-2,7-13H2. The summed E-state index contributed by atoms with van der Waals surface area (Å²) in [5.74, 6) is -0.774. The number of thiazole rings is 1. The molecule has 3 heterocycles. The number of nitrogens with zero attached hydrogens (tertiary/aromatic N) is 5. The lowest BCUT2D eigenvalue weighted by Gasteiger charge is -2.36. The van der Waals surface area contributed by atoms with Gasteiger partial charge in [0.2, 0.25) is 5.91 Å². The van der Waals surface area contributed by atoms with Crippen molar-refractivity contribution in [3.05, 3.63) is 45.5 Å². The molecule has 0 saturated carbocycles. The third-order valence-corrected chi connectivity index (χ3v) is 6.50. The van der Waals surface area contributed by atoms with E-state index in [2.05, 4.69) is 4.98 Å². The number of esters is 1. The Morgan fingerprint density at radius 2 is 1.85 bits per heavy atom. The fourth-order valence-corrected chi connectivity index (χ4v) is 4.65. The number of nitro groups is 1. The Bertz CT molecular complexity index is 1050. The molecular weight excluding hydrogens is 450 g/mol. The third kappa shape index (κ3) is 5.45. The van der Waals surface area contributed by atoms with Crippen LogP contribution in [0.1, 0.15) is 18.5 Å². The van der Waals surface area contributed by atoms with Crippen LogP contribution in [-0.4, -0.2) is 71.9 Å². The average molecular weight is 474 g/mol. The van der Waals surface area contributed by atoms with Gasteiger partial charge in [0, 0.05) is 62.3 Å². The van der Waals surface area contributed by atoms with Crippen molar-refractivity contribution in [1.29, 1.82) is 0 Å². The maximum absolute atomic E-state index is 12.4. The highest BCUT2D eigenvalue weighted by Crippen LogP contribution is 2.25. The van der Waals surface area contributed by atoms with Crippen LogP contribution in [-0.2, 0) is 25.5 Å². The quantitative estimate of drug-likeness (QED) is 0.337. The molecule has 2 saturated heterocycles. The number of anilines is 2. The van der Waals surface area contributed by atoms with E-state index in [0.717, 1.165) is 12.1 Å². The molecule has 2 aromatic rings. The molecular formula is C21H23N5O6S. The molecule has 0 N–H and O–H groups in total. The molecule has 2 aliphatic rings. The summed E-state index contributed by atoms with van der Waals surface area (Å²) in [6.45, 7) is 2.39. The second kappa shape index (κ2) is 9.94. The normalized spacial score (nSPS) is 16.2. The van der Waals surface area contributed by atoms with E-state index in [0.29, 0.717) is 50.0 Å². The van der Waals surface area contributed by atoms with Crippen molar-refractivity contribution in [2.45, 2.75) is 19.3 Å². The van der Waals surface area contributed by atoms with Crippen LogP contribution in [0.2, 0.25) is 0 Å². The summed E-state index contributed by atoms with van der Waals surface area (Å²) in [6.07, 6.45) is 1.26. The van der Waals surface area contributed by atoms with E-state index in [-0.39, 0.29) is 30.5 Å². The number of non-ortho nitro benzene ring substituents is 1. The van der Waals surface area contributed by atoms with Crippen molar-refractivity contribution in [2.75, 3.05) is 49.1 Å². The van der Waals surface area contributed by atoms with Gasteiger partial charge < -0.3 is 14.5 Å². The van der Waals surface area contributed by atoms with E-state index in [9.17, 15) is 24.5 Å². The van der Waals surface area contributed by atoms with Crippen LogP contribution >= 0.6 is 11.3 Å². The number of piperazine rings is 1. The molecule has 0 radical (unpaired) electrons. The SMILES string of the molecule is O=C(Cc1csc(N2CCCC2=O)n1)OCC(=O)N1CCN(c2ccc([N+](=O)[O-])cc2)CC1. The lowest BCUT2D eigenvalue weighted by atomic mass is 10.2. The largest absolute Gasteiger partial charge is 0.455 e. The highest BCUT2D eigenvalue weighted by molar-refractivity contribution is 7.14. The molecule has 4 rings (SSSR count). The Morgan fingerprint density at radius 3 is 2.48 bits per heavy atom. The van der Waals surface area contributed by atoms with Crippen LogP contribution in [0.5, 0.6) is 0 Å². The van der Waals surface area contributed by atoms with Gasteiger partial charge in [-0.2, -0.15) is 0 Å². The van der Waals surface area contributed by atoms with Gasteiger partial charge in [0.05, 0.1) is 17.0 Å². The zero-order valence-electron chi connectivity index (χ0n) is 17.8. The van der Waals surface area contributed by atoms with Crippen molar-refractivity contribution >= 4 is 45.6 Å². The average Bonchev–Trinajstić information content (AvgIpc) is 3.46. The highest BCUT2D eigenvalue weighted by atomic mass is 32.1. The Morgan fingerprint density at radius 1 is 1.12 bits per heavy atom. The zero-order chi connectivity index (χ0) is 23.4. The Balaban J connectivity index is 1.20. The van der Waals surface area contributed by atoms with Gasteiger partial charge in [0.1, 0.15) is 0 Å². The topological polar surface area (TPSA) is 126 Å². The molecule has 0 spiro atoms. The Hall–Kier alpha value is -3.54. The van der Waals surface area contributed by atoms with Gasteiger partial charge >= 0.3 is 5.97 Å². The van der Waals surface area contributed by atoms with Crippen LogP contribution < -0.4 is 9.80 Å². The molecule has 1 aromatic heterocycles. The van der Waals surface area contributed by atoms with Crippen molar-refractivity contribution in [2.24, 2.45) is 0 Å². The van der Waals surface area contributed by atoms with E-state index in [1.807, 2.05) is 4.90 Å². The molecule has 11 nitrogen and oxygen atoms in total. The second-order valence-electron chi connectivity index (χ2n) is 7.75. The van der Waals surface area contributed by atoms with Crippen molar-refractivity contribution < 1.29 is 24.0 Å². The number of carbonyl (C=O) groups is 3. The lowest BCUT2D eigenvalue weighted by Crippen LogP contribution is -2.49. The fourth-order valence-electron chi connectivity index (χ4n) is 3.78. The molecule has 0 aliphatic carbocycles. The van der Waals surface area contributed by atoms with Crippen LogP contribution in [0.4, 0.5) is 16.5 Å². The first kappa shape index (κ1) is 22.6. The number of nitro benzene ring substituents is 1. The molecule has 12 heteroatoms. The maximum Gasteiger partial charge on any atom is 0.312 e. The monoisotopic (exact) mass is 473 g/mol. The van der Waals surface area contributed by atoms with Crippen LogP contribution in [0, 0.1) is 10.1 Å². The van der Waals surface area contributed by atoms with Gasteiger partial charge in [-0.15, -0.1) is 11.3 Å². The predicted octanol–water partition coefficient (Wildman–Crippen LogP) is 1.61. The minimum absolute atomic E-state index is 0.0350. The van der Waals surface area contributed by atoms with Gasteiger partial charge in [-0.05, 0) is 18.6 Å². The van der Waals surface area contributed by atoms with Crippen molar-refractivity contribution in [3.63, 3.8) is 0 Å². The molecule has 174 valence electrons. The van der Waals surface area contributed by atoms with Crippen LogP contribution in [0.3, 0.4) is 0 Å². The van der Waals surface area contributed by atoms with E-state index in [1.165, 1.54) is 23.5 Å². The molecule has 2 aliphatic heterocycles. The number of benzene rings is 1. The van der Waals surface area contributed by atoms with E-state index in [4.69, 9.17) is 4.74 Å². The van der Waals surface area contributed by atoms with Gasteiger partial charge in [-0.1, -0.05) is 0 Å². The number of carbonyl (C=O) groups excluding carboxylic acids is 3. The van der Waals surface area contributed by atoms with Crippen molar-refractivity contribution in [1.82, 2.24) is 9.88 Å². The Kier molecular flexibility index (Phi) is 6.82. The molecule has 0 unspecified atom stereocenters. The summed E-state index contributed by atoms with van der Waals surface area (Å²) in [7, 11) is 0. The number of amides is 2. The fraction of sp³-hybridized carbons (Fsp3) is 0.429. The highest BCUT2D eigenvalue weighted by Gasteiger charge is 2.25. The Labute approximate surface area is 193 Å². The van der Waals surface area contributed by atoms with E-state index >= 15 is 0 Å². The molecule has 0 bridgehead atoms. The summed E-state index contributed by atoms with van der Waals surface area (Å²) in [5, 5.41) is 13.1. The number of aromatic nitrogens is 1.